The number of benzene rings is 1. The summed E-state index contributed by atoms with van der Waals surface area (Å²) in [6.45, 7) is 4.08. The van der Waals surface area contributed by atoms with Crippen molar-refractivity contribution in [3.8, 4) is 0 Å². The lowest BCUT2D eigenvalue weighted by Crippen LogP contribution is -2.21. The summed E-state index contributed by atoms with van der Waals surface area (Å²) in [5.74, 6) is 0. The van der Waals surface area contributed by atoms with E-state index in [1.54, 1.807) is 0 Å². The molecule has 0 saturated heterocycles. The van der Waals surface area contributed by atoms with Crippen LogP contribution in [0.2, 0.25) is 5.02 Å². The maximum Gasteiger partial charge on any atom is 0.0453 e. The molecule has 4 heteroatoms. The Morgan fingerprint density at radius 1 is 1.20 bits per heavy atom. The van der Waals surface area contributed by atoms with Gasteiger partial charge in [-0.1, -0.05) is 29.8 Å². The van der Waals surface area contributed by atoms with Crippen LogP contribution >= 0.6 is 22.9 Å². The van der Waals surface area contributed by atoms with Gasteiger partial charge in [0.25, 0.3) is 0 Å². The first-order valence-electron chi connectivity index (χ1n) is 6.78. The Bertz CT molecular complexity index is 553. The highest BCUT2D eigenvalue weighted by molar-refractivity contribution is 7.11. The molecule has 1 heterocycles. The standard InChI is InChI=1S/C16H21ClN2S/c1-12(15-6-4-5-7-16(15)17)19(3)11-14-9-8-13(20-14)10-18-2/h4-9,12,18H,10-11H2,1-3H3. The Morgan fingerprint density at radius 2 is 1.90 bits per heavy atom. The van der Waals surface area contributed by atoms with E-state index >= 15 is 0 Å². The molecule has 1 N–H and O–H groups in total. The van der Waals surface area contributed by atoms with Gasteiger partial charge < -0.3 is 5.32 Å². The molecule has 1 atom stereocenters. The number of hydrogen-bond donors (Lipinski definition) is 1. The molecule has 0 aliphatic rings. The minimum atomic E-state index is 0.304. The lowest BCUT2D eigenvalue weighted by Gasteiger charge is -2.25. The van der Waals surface area contributed by atoms with Gasteiger partial charge >= 0.3 is 0 Å². The van der Waals surface area contributed by atoms with Crippen molar-refractivity contribution < 1.29 is 0 Å². The Balaban J connectivity index is 2.03. The van der Waals surface area contributed by atoms with Crippen molar-refractivity contribution in [2.24, 2.45) is 0 Å². The third-order valence-electron chi connectivity index (χ3n) is 3.49. The number of halogens is 1. The highest BCUT2D eigenvalue weighted by Crippen LogP contribution is 2.28. The van der Waals surface area contributed by atoms with E-state index in [0.29, 0.717) is 6.04 Å². The van der Waals surface area contributed by atoms with E-state index in [-0.39, 0.29) is 0 Å². The summed E-state index contributed by atoms with van der Waals surface area (Å²) < 4.78 is 0. The van der Waals surface area contributed by atoms with Crippen molar-refractivity contribution >= 4 is 22.9 Å². The van der Waals surface area contributed by atoms with E-state index in [1.807, 2.05) is 36.6 Å². The molecule has 0 amide bonds. The normalized spacial score (nSPS) is 12.8. The smallest absolute Gasteiger partial charge is 0.0453 e. The minimum absolute atomic E-state index is 0.304. The quantitative estimate of drug-likeness (QED) is 0.855. The predicted octanol–water partition coefficient (Wildman–Crippen LogP) is 4.31. The van der Waals surface area contributed by atoms with Gasteiger partial charge in [-0.25, -0.2) is 0 Å². The third-order valence-corrected chi connectivity index (χ3v) is 4.90. The summed E-state index contributed by atoms with van der Waals surface area (Å²) in [5.41, 5.74) is 1.18. The average Bonchev–Trinajstić information content (AvgIpc) is 2.86. The maximum atomic E-state index is 6.28. The van der Waals surface area contributed by atoms with Crippen LogP contribution in [0, 0.1) is 0 Å². The zero-order valence-electron chi connectivity index (χ0n) is 12.2. The van der Waals surface area contributed by atoms with Crippen molar-refractivity contribution in [3.05, 3.63) is 56.7 Å². The molecule has 0 radical (unpaired) electrons. The molecular weight excluding hydrogens is 288 g/mol. The highest BCUT2D eigenvalue weighted by Gasteiger charge is 2.15. The molecule has 1 aromatic heterocycles. The molecule has 0 aliphatic carbocycles. The molecule has 20 heavy (non-hydrogen) atoms. The summed E-state index contributed by atoms with van der Waals surface area (Å²) in [4.78, 5) is 5.09. The second kappa shape index (κ2) is 7.23. The summed E-state index contributed by atoms with van der Waals surface area (Å²) in [5, 5.41) is 4.03. The second-order valence-corrected chi connectivity index (χ2v) is 6.67. The van der Waals surface area contributed by atoms with Gasteiger partial charge in [0.15, 0.2) is 0 Å². The first-order valence-corrected chi connectivity index (χ1v) is 7.98. The number of rotatable bonds is 6. The van der Waals surface area contributed by atoms with Gasteiger partial charge in [-0.15, -0.1) is 11.3 Å². The van der Waals surface area contributed by atoms with Gasteiger partial charge in [-0.2, -0.15) is 0 Å². The summed E-state index contributed by atoms with van der Waals surface area (Å²) in [6.07, 6.45) is 0. The number of nitrogens with one attached hydrogen (secondary N) is 1. The fourth-order valence-electron chi connectivity index (χ4n) is 2.21. The Morgan fingerprint density at radius 3 is 2.60 bits per heavy atom. The van der Waals surface area contributed by atoms with Gasteiger partial charge in [-0.05, 0) is 44.8 Å². The van der Waals surface area contributed by atoms with Crippen molar-refractivity contribution in [1.82, 2.24) is 10.2 Å². The van der Waals surface area contributed by atoms with Crippen LogP contribution in [-0.4, -0.2) is 19.0 Å². The van der Waals surface area contributed by atoms with Gasteiger partial charge in [0.2, 0.25) is 0 Å². The fraction of sp³-hybridized carbons (Fsp3) is 0.375. The molecule has 0 spiro atoms. The van der Waals surface area contributed by atoms with Crippen LogP contribution in [0.1, 0.15) is 28.3 Å². The van der Waals surface area contributed by atoms with Gasteiger partial charge in [-0.3, -0.25) is 4.90 Å². The van der Waals surface area contributed by atoms with Crippen LogP contribution in [0.3, 0.4) is 0 Å². The molecule has 2 rings (SSSR count). The second-order valence-electron chi connectivity index (χ2n) is 5.01. The zero-order chi connectivity index (χ0) is 14.5. The van der Waals surface area contributed by atoms with Gasteiger partial charge in [0, 0.05) is 33.9 Å². The van der Waals surface area contributed by atoms with Crippen molar-refractivity contribution in [2.75, 3.05) is 14.1 Å². The van der Waals surface area contributed by atoms with E-state index in [2.05, 4.69) is 42.4 Å². The third kappa shape index (κ3) is 3.83. The van der Waals surface area contributed by atoms with Crippen LogP contribution < -0.4 is 5.32 Å². The zero-order valence-corrected chi connectivity index (χ0v) is 13.8. The van der Waals surface area contributed by atoms with Gasteiger partial charge in [0.1, 0.15) is 0 Å². The molecule has 1 aromatic carbocycles. The van der Waals surface area contributed by atoms with E-state index in [9.17, 15) is 0 Å². The molecule has 0 saturated carbocycles. The number of nitrogens with zero attached hydrogens (tertiary/aromatic N) is 1. The van der Waals surface area contributed by atoms with E-state index in [1.165, 1.54) is 15.3 Å². The highest BCUT2D eigenvalue weighted by atomic mass is 35.5. The molecule has 2 aromatic rings. The summed E-state index contributed by atoms with van der Waals surface area (Å²) in [6, 6.07) is 12.8. The molecule has 0 bridgehead atoms. The molecular formula is C16H21ClN2S. The summed E-state index contributed by atoms with van der Waals surface area (Å²) >= 11 is 8.14. The number of hydrogen-bond acceptors (Lipinski definition) is 3. The predicted molar refractivity (Wildman–Crippen MR) is 88.4 cm³/mol. The fourth-order valence-corrected chi connectivity index (χ4v) is 3.60. The topological polar surface area (TPSA) is 15.3 Å². The molecule has 0 aliphatic heterocycles. The lowest BCUT2D eigenvalue weighted by molar-refractivity contribution is 0.255. The molecule has 2 nitrogen and oxygen atoms in total. The lowest BCUT2D eigenvalue weighted by atomic mass is 10.1. The largest absolute Gasteiger partial charge is 0.315 e. The van der Waals surface area contributed by atoms with Crippen molar-refractivity contribution in [1.29, 1.82) is 0 Å². The minimum Gasteiger partial charge on any atom is -0.315 e. The monoisotopic (exact) mass is 308 g/mol. The van der Waals surface area contributed by atoms with Crippen LogP contribution in [0.5, 0.6) is 0 Å². The van der Waals surface area contributed by atoms with Crippen LogP contribution in [-0.2, 0) is 13.1 Å². The molecule has 1 unspecified atom stereocenters. The SMILES string of the molecule is CNCc1ccc(CN(C)C(C)c2ccccc2Cl)s1. The van der Waals surface area contributed by atoms with Crippen LogP contribution in [0.4, 0.5) is 0 Å². The molecule has 0 fully saturated rings. The van der Waals surface area contributed by atoms with E-state index in [0.717, 1.165) is 18.1 Å². The average molecular weight is 309 g/mol. The van der Waals surface area contributed by atoms with Crippen LogP contribution in [0.25, 0.3) is 0 Å². The van der Waals surface area contributed by atoms with E-state index < -0.39 is 0 Å². The maximum absolute atomic E-state index is 6.28. The Hall–Kier alpha value is -0.870. The molecule has 108 valence electrons. The first-order chi connectivity index (χ1) is 9.61. The van der Waals surface area contributed by atoms with Gasteiger partial charge in [0.05, 0.1) is 0 Å². The van der Waals surface area contributed by atoms with E-state index in [4.69, 9.17) is 11.6 Å². The Kier molecular flexibility index (Phi) is 5.61. The number of thiophene rings is 1. The van der Waals surface area contributed by atoms with Crippen molar-refractivity contribution in [2.45, 2.75) is 26.1 Å². The first kappa shape index (κ1) is 15.5. The summed E-state index contributed by atoms with van der Waals surface area (Å²) in [7, 11) is 4.12. The van der Waals surface area contributed by atoms with Crippen molar-refractivity contribution in [3.63, 3.8) is 0 Å². The Labute approximate surface area is 130 Å². The van der Waals surface area contributed by atoms with Crippen LogP contribution in [0.15, 0.2) is 36.4 Å².